The summed E-state index contributed by atoms with van der Waals surface area (Å²) in [7, 11) is 1.74. The molecule has 9 nitrogen and oxygen atoms in total. The standard InChI is InChI=1S/C8H11N7O2S/c1-5-9-7(17-12-5)10-6(16)3-4-18-8-11-13-14-15(8)2/h3-4H2,1-2H3,(H,9,10,12,16). The van der Waals surface area contributed by atoms with Crippen molar-refractivity contribution >= 4 is 23.7 Å². The van der Waals surface area contributed by atoms with Crippen LogP contribution in [0, 0.1) is 6.92 Å². The maximum Gasteiger partial charge on any atom is 0.328 e. The third-order valence-electron chi connectivity index (χ3n) is 1.92. The number of aryl methyl sites for hydroxylation is 2. The molecule has 0 spiro atoms. The Bertz CT molecular complexity index is 537. The zero-order valence-corrected chi connectivity index (χ0v) is 10.6. The Kier molecular flexibility index (Phi) is 3.87. The van der Waals surface area contributed by atoms with Gasteiger partial charge in [0.15, 0.2) is 5.82 Å². The summed E-state index contributed by atoms with van der Waals surface area (Å²) < 4.78 is 6.32. The number of nitrogens with zero attached hydrogens (tertiary/aromatic N) is 6. The zero-order valence-electron chi connectivity index (χ0n) is 9.82. The molecule has 0 radical (unpaired) electrons. The van der Waals surface area contributed by atoms with Gasteiger partial charge >= 0.3 is 6.01 Å². The SMILES string of the molecule is Cc1noc(NC(=O)CCSc2nnnn2C)n1. The van der Waals surface area contributed by atoms with E-state index >= 15 is 0 Å². The first kappa shape index (κ1) is 12.5. The third kappa shape index (κ3) is 3.26. The van der Waals surface area contributed by atoms with Crippen molar-refractivity contribution < 1.29 is 9.32 Å². The van der Waals surface area contributed by atoms with Crippen LogP contribution >= 0.6 is 11.8 Å². The second-order valence-electron chi connectivity index (χ2n) is 3.38. The molecule has 0 saturated heterocycles. The number of aromatic nitrogens is 6. The minimum atomic E-state index is -0.193. The van der Waals surface area contributed by atoms with Gasteiger partial charge < -0.3 is 4.52 Å². The smallest absolute Gasteiger partial charge is 0.315 e. The summed E-state index contributed by atoms with van der Waals surface area (Å²) in [5.41, 5.74) is 0. The molecule has 2 aromatic heterocycles. The van der Waals surface area contributed by atoms with Crippen molar-refractivity contribution in [3.63, 3.8) is 0 Å². The molecule has 2 aromatic rings. The number of anilines is 1. The lowest BCUT2D eigenvalue weighted by molar-refractivity contribution is -0.115. The van der Waals surface area contributed by atoms with Crippen LogP contribution in [0.25, 0.3) is 0 Å². The Labute approximate surface area is 106 Å². The number of thioether (sulfide) groups is 1. The molecule has 2 rings (SSSR count). The number of amides is 1. The Morgan fingerprint density at radius 3 is 3.00 bits per heavy atom. The van der Waals surface area contributed by atoms with E-state index in [1.54, 1.807) is 18.7 Å². The molecule has 18 heavy (non-hydrogen) atoms. The number of nitrogens with one attached hydrogen (secondary N) is 1. The predicted octanol–water partition coefficient (Wildman–Crippen LogP) is 0.0224. The highest BCUT2D eigenvalue weighted by atomic mass is 32.2. The van der Waals surface area contributed by atoms with Gasteiger partial charge in [0, 0.05) is 19.2 Å². The van der Waals surface area contributed by atoms with Gasteiger partial charge in [-0.15, -0.1) is 5.10 Å². The maximum absolute atomic E-state index is 11.5. The molecule has 1 N–H and O–H groups in total. The first-order chi connectivity index (χ1) is 8.65. The minimum Gasteiger partial charge on any atom is -0.315 e. The topological polar surface area (TPSA) is 112 Å². The van der Waals surface area contributed by atoms with Gasteiger partial charge in [0.05, 0.1) is 0 Å². The summed E-state index contributed by atoms with van der Waals surface area (Å²) in [6.07, 6.45) is 0.305. The molecular weight excluding hydrogens is 258 g/mol. The fourth-order valence-corrected chi connectivity index (χ4v) is 1.90. The van der Waals surface area contributed by atoms with Gasteiger partial charge in [0.2, 0.25) is 11.1 Å². The highest BCUT2D eigenvalue weighted by Crippen LogP contribution is 2.13. The van der Waals surface area contributed by atoms with Gasteiger partial charge in [-0.3, -0.25) is 10.1 Å². The normalized spacial score (nSPS) is 10.6. The molecule has 0 fully saturated rings. The van der Waals surface area contributed by atoms with E-state index in [9.17, 15) is 4.79 Å². The van der Waals surface area contributed by atoms with E-state index in [0.29, 0.717) is 23.2 Å². The Morgan fingerprint density at radius 2 is 2.39 bits per heavy atom. The summed E-state index contributed by atoms with van der Waals surface area (Å²) in [5.74, 6) is 0.846. The summed E-state index contributed by atoms with van der Waals surface area (Å²) in [6, 6.07) is 0.114. The van der Waals surface area contributed by atoms with Crippen LogP contribution in [0.3, 0.4) is 0 Å². The van der Waals surface area contributed by atoms with E-state index < -0.39 is 0 Å². The summed E-state index contributed by atoms with van der Waals surface area (Å²) in [4.78, 5) is 15.4. The average molecular weight is 269 g/mol. The number of carbonyl (C=O) groups is 1. The van der Waals surface area contributed by atoms with Gasteiger partial charge in [-0.2, -0.15) is 4.98 Å². The number of carbonyl (C=O) groups excluding carboxylic acids is 1. The van der Waals surface area contributed by atoms with Crippen LogP contribution in [0.1, 0.15) is 12.2 Å². The average Bonchev–Trinajstić information content (AvgIpc) is 2.89. The van der Waals surface area contributed by atoms with E-state index in [4.69, 9.17) is 4.52 Å². The monoisotopic (exact) mass is 269 g/mol. The van der Waals surface area contributed by atoms with Gasteiger partial charge in [0.25, 0.3) is 0 Å². The van der Waals surface area contributed by atoms with E-state index in [2.05, 4.69) is 31.0 Å². The molecule has 0 atom stereocenters. The van der Waals surface area contributed by atoms with Crippen LogP contribution in [-0.4, -0.2) is 42.0 Å². The molecule has 96 valence electrons. The van der Waals surface area contributed by atoms with Gasteiger partial charge in [-0.05, 0) is 17.4 Å². The molecule has 0 bridgehead atoms. The van der Waals surface area contributed by atoms with E-state index in [0.717, 1.165) is 0 Å². The quantitative estimate of drug-likeness (QED) is 0.756. The van der Waals surface area contributed by atoms with Gasteiger partial charge in [-0.25, -0.2) is 4.68 Å². The lowest BCUT2D eigenvalue weighted by Crippen LogP contribution is -2.12. The number of hydrogen-bond acceptors (Lipinski definition) is 8. The van der Waals surface area contributed by atoms with Crippen molar-refractivity contribution in [2.75, 3.05) is 11.1 Å². The maximum atomic E-state index is 11.5. The van der Waals surface area contributed by atoms with Crippen LogP contribution in [0.5, 0.6) is 0 Å². The van der Waals surface area contributed by atoms with E-state index in [1.807, 2.05) is 0 Å². The Hall–Kier alpha value is -1.97. The Morgan fingerprint density at radius 1 is 1.56 bits per heavy atom. The fourth-order valence-electron chi connectivity index (χ4n) is 1.11. The van der Waals surface area contributed by atoms with Crippen LogP contribution in [-0.2, 0) is 11.8 Å². The van der Waals surface area contributed by atoms with Crippen LogP contribution < -0.4 is 5.32 Å². The molecule has 2 heterocycles. The lowest BCUT2D eigenvalue weighted by atomic mass is 10.4. The predicted molar refractivity (Wildman–Crippen MR) is 61.8 cm³/mol. The van der Waals surface area contributed by atoms with Gasteiger partial charge in [-0.1, -0.05) is 16.9 Å². The van der Waals surface area contributed by atoms with Crippen molar-refractivity contribution in [1.29, 1.82) is 0 Å². The van der Waals surface area contributed by atoms with Crippen molar-refractivity contribution in [1.82, 2.24) is 30.3 Å². The molecule has 0 aliphatic carbocycles. The minimum absolute atomic E-state index is 0.114. The zero-order chi connectivity index (χ0) is 13.0. The Balaban J connectivity index is 1.74. The highest BCUT2D eigenvalue weighted by molar-refractivity contribution is 7.99. The van der Waals surface area contributed by atoms with Crippen molar-refractivity contribution in [2.24, 2.45) is 7.05 Å². The summed E-state index contributed by atoms with van der Waals surface area (Å²) in [5, 5.41) is 17.7. The molecule has 10 heteroatoms. The molecule has 0 unspecified atom stereocenters. The molecule has 0 aliphatic rings. The van der Waals surface area contributed by atoms with Crippen LogP contribution in [0.2, 0.25) is 0 Å². The number of hydrogen-bond donors (Lipinski definition) is 1. The third-order valence-corrected chi connectivity index (χ3v) is 2.93. The largest absolute Gasteiger partial charge is 0.328 e. The molecule has 0 aromatic carbocycles. The molecule has 0 saturated carbocycles. The molecular formula is C8H11N7O2S. The van der Waals surface area contributed by atoms with Gasteiger partial charge in [0.1, 0.15) is 0 Å². The molecule has 0 aliphatic heterocycles. The first-order valence-corrected chi connectivity index (χ1v) is 6.09. The van der Waals surface area contributed by atoms with Crippen molar-refractivity contribution in [3.8, 4) is 0 Å². The van der Waals surface area contributed by atoms with Crippen LogP contribution in [0.15, 0.2) is 9.68 Å². The number of rotatable bonds is 5. The van der Waals surface area contributed by atoms with E-state index in [1.165, 1.54) is 11.8 Å². The summed E-state index contributed by atoms with van der Waals surface area (Å²) in [6.45, 7) is 1.68. The lowest BCUT2D eigenvalue weighted by Gasteiger charge is -1.99. The van der Waals surface area contributed by atoms with Crippen molar-refractivity contribution in [2.45, 2.75) is 18.5 Å². The van der Waals surface area contributed by atoms with E-state index in [-0.39, 0.29) is 11.9 Å². The second-order valence-corrected chi connectivity index (χ2v) is 4.44. The second kappa shape index (κ2) is 5.58. The summed E-state index contributed by atoms with van der Waals surface area (Å²) >= 11 is 1.40. The molecule has 1 amide bonds. The van der Waals surface area contributed by atoms with Crippen molar-refractivity contribution in [3.05, 3.63) is 5.82 Å². The highest BCUT2D eigenvalue weighted by Gasteiger charge is 2.09. The number of tetrazole rings is 1. The fraction of sp³-hybridized carbons (Fsp3) is 0.500. The van der Waals surface area contributed by atoms with Crippen LogP contribution in [0.4, 0.5) is 6.01 Å². The first-order valence-electron chi connectivity index (χ1n) is 5.10.